The number of amides is 1. The van der Waals surface area contributed by atoms with Gasteiger partial charge in [0.25, 0.3) is 5.91 Å². The van der Waals surface area contributed by atoms with E-state index in [0.29, 0.717) is 5.92 Å². The molecular formula is C16H20N2O. The van der Waals surface area contributed by atoms with E-state index >= 15 is 0 Å². The fourth-order valence-corrected chi connectivity index (χ4v) is 2.78. The lowest BCUT2D eigenvalue weighted by molar-refractivity contribution is 0.0708. The summed E-state index contributed by atoms with van der Waals surface area (Å²) in [5.41, 5.74) is 1.85. The largest absolute Gasteiger partial charge is 0.361 e. The Morgan fingerprint density at radius 2 is 2.21 bits per heavy atom. The van der Waals surface area contributed by atoms with Crippen molar-refractivity contribution in [1.29, 1.82) is 0 Å². The molecule has 0 unspecified atom stereocenters. The van der Waals surface area contributed by atoms with Crippen LogP contribution in [0.15, 0.2) is 30.5 Å². The number of fused-ring (bicyclic) bond motifs is 1. The van der Waals surface area contributed by atoms with Crippen LogP contribution in [0.5, 0.6) is 0 Å². The van der Waals surface area contributed by atoms with Crippen LogP contribution < -0.4 is 0 Å². The van der Waals surface area contributed by atoms with E-state index in [0.717, 1.165) is 29.6 Å². The topological polar surface area (TPSA) is 36.1 Å². The van der Waals surface area contributed by atoms with Crippen molar-refractivity contribution in [3.8, 4) is 0 Å². The van der Waals surface area contributed by atoms with Crippen LogP contribution in [0.3, 0.4) is 0 Å². The van der Waals surface area contributed by atoms with Crippen LogP contribution in [0.4, 0.5) is 0 Å². The summed E-state index contributed by atoms with van der Waals surface area (Å²) in [6.45, 7) is 3.76. The van der Waals surface area contributed by atoms with Crippen LogP contribution in [0.2, 0.25) is 0 Å². The van der Waals surface area contributed by atoms with E-state index in [4.69, 9.17) is 0 Å². The highest BCUT2D eigenvalue weighted by Gasteiger charge is 2.24. The van der Waals surface area contributed by atoms with Crippen LogP contribution in [0.1, 0.15) is 36.5 Å². The first-order chi connectivity index (χ1) is 9.29. The Morgan fingerprint density at radius 3 is 2.89 bits per heavy atom. The van der Waals surface area contributed by atoms with Crippen molar-refractivity contribution in [1.82, 2.24) is 9.88 Å². The number of aromatic amines is 1. The summed E-state index contributed by atoms with van der Waals surface area (Å²) in [6, 6.07) is 7.87. The number of rotatable bonds is 4. The maximum atomic E-state index is 12.7. The number of benzene rings is 1. The molecule has 1 aromatic heterocycles. The Kier molecular flexibility index (Phi) is 3.28. The summed E-state index contributed by atoms with van der Waals surface area (Å²) in [4.78, 5) is 17.8. The Hall–Kier alpha value is -1.77. The van der Waals surface area contributed by atoms with E-state index in [1.54, 1.807) is 0 Å². The molecule has 1 aliphatic rings. The number of nitrogens with zero attached hydrogens (tertiary/aromatic N) is 1. The summed E-state index contributed by atoms with van der Waals surface area (Å²) in [7, 11) is 0. The molecule has 1 heterocycles. The van der Waals surface area contributed by atoms with E-state index in [1.807, 2.05) is 35.4 Å². The van der Waals surface area contributed by atoms with Crippen LogP contribution in [0.25, 0.3) is 10.9 Å². The van der Waals surface area contributed by atoms with E-state index in [1.165, 1.54) is 19.3 Å². The Morgan fingerprint density at radius 1 is 1.37 bits per heavy atom. The zero-order valence-corrected chi connectivity index (χ0v) is 11.4. The van der Waals surface area contributed by atoms with E-state index < -0.39 is 0 Å². The second-order valence-corrected chi connectivity index (χ2v) is 5.39. The fourth-order valence-electron chi connectivity index (χ4n) is 2.78. The van der Waals surface area contributed by atoms with E-state index in [2.05, 4.69) is 11.9 Å². The Balaban J connectivity index is 1.86. The molecule has 1 aliphatic carbocycles. The standard InChI is InChI=1S/C16H20N2O/c1-2-18(11-12-5-3-6-12)16(19)14-7-4-8-15-13(14)9-10-17-15/h4,7-10,12,17H,2-3,5-6,11H2,1H3. The van der Waals surface area contributed by atoms with E-state index in [-0.39, 0.29) is 5.91 Å². The zero-order valence-electron chi connectivity index (χ0n) is 11.4. The minimum absolute atomic E-state index is 0.166. The van der Waals surface area contributed by atoms with Gasteiger partial charge in [-0.15, -0.1) is 0 Å². The number of nitrogens with one attached hydrogen (secondary N) is 1. The molecule has 1 amide bonds. The number of hydrogen-bond acceptors (Lipinski definition) is 1. The number of carbonyl (C=O) groups excluding carboxylic acids is 1. The maximum Gasteiger partial charge on any atom is 0.254 e. The average Bonchev–Trinajstić information content (AvgIpc) is 2.85. The number of carbonyl (C=O) groups is 1. The predicted octanol–water partition coefficient (Wildman–Crippen LogP) is 3.43. The summed E-state index contributed by atoms with van der Waals surface area (Å²) in [5, 5.41) is 1.03. The molecule has 3 heteroatoms. The van der Waals surface area contributed by atoms with Crippen molar-refractivity contribution in [2.75, 3.05) is 13.1 Å². The van der Waals surface area contributed by atoms with Gasteiger partial charge in [-0.3, -0.25) is 4.79 Å². The molecule has 0 saturated heterocycles. The molecular weight excluding hydrogens is 236 g/mol. The molecule has 19 heavy (non-hydrogen) atoms. The van der Waals surface area contributed by atoms with Gasteiger partial charge in [0, 0.05) is 35.8 Å². The molecule has 3 nitrogen and oxygen atoms in total. The van der Waals surface area contributed by atoms with Crippen LogP contribution in [-0.4, -0.2) is 28.9 Å². The predicted molar refractivity (Wildman–Crippen MR) is 77.2 cm³/mol. The van der Waals surface area contributed by atoms with Crippen LogP contribution >= 0.6 is 0 Å². The van der Waals surface area contributed by atoms with Gasteiger partial charge in [0.05, 0.1) is 0 Å². The van der Waals surface area contributed by atoms with Gasteiger partial charge in [0.15, 0.2) is 0 Å². The van der Waals surface area contributed by atoms with Crippen molar-refractivity contribution in [2.24, 2.45) is 5.92 Å². The maximum absolute atomic E-state index is 12.7. The summed E-state index contributed by atoms with van der Waals surface area (Å²) in [6.07, 6.45) is 5.77. The summed E-state index contributed by atoms with van der Waals surface area (Å²) in [5.74, 6) is 0.883. The molecule has 0 aliphatic heterocycles. The van der Waals surface area contributed by atoms with Crippen molar-refractivity contribution in [3.63, 3.8) is 0 Å². The second kappa shape index (κ2) is 5.08. The number of H-pyrrole nitrogens is 1. The molecule has 2 aromatic rings. The molecule has 0 radical (unpaired) electrons. The molecule has 0 atom stereocenters. The molecule has 1 fully saturated rings. The van der Waals surface area contributed by atoms with Gasteiger partial charge in [0.1, 0.15) is 0 Å². The van der Waals surface area contributed by atoms with Gasteiger partial charge in [0.2, 0.25) is 0 Å². The van der Waals surface area contributed by atoms with Gasteiger partial charge < -0.3 is 9.88 Å². The average molecular weight is 256 g/mol. The quantitative estimate of drug-likeness (QED) is 0.893. The lowest BCUT2D eigenvalue weighted by Crippen LogP contribution is -2.37. The lowest BCUT2D eigenvalue weighted by Gasteiger charge is -2.32. The lowest BCUT2D eigenvalue weighted by atomic mass is 9.85. The highest BCUT2D eigenvalue weighted by atomic mass is 16.2. The Bertz CT molecular complexity index is 583. The second-order valence-electron chi connectivity index (χ2n) is 5.39. The molecule has 3 rings (SSSR count). The molecule has 1 aromatic carbocycles. The smallest absolute Gasteiger partial charge is 0.254 e. The first kappa shape index (κ1) is 12.3. The zero-order chi connectivity index (χ0) is 13.2. The van der Waals surface area contributed by atoms with Crippen LogP contribution in [0, 0.1) is 5.92 Å². The highest BCUT2D eigenvalue weighted by molar-refractivity contribution is 6.06. The van der Waals surface area contributed by atoms with E-state index in [9.17, 15) is 4.79 Å². The minimum Gasteiger partial charge on any atom is -0.361 e. The molecule has 100 valence electrons. The first-order valence-electron chi connectivity index (χ1n) is 7.15. The van der Waals surface area contributed by atoms with Gasteiger partial charge in [-0.2, -0.15) is 0 Å². The minimum atomic E-state index is 0.166. The monoisotopic (exact) mass is 256 g/mol. The number of aromatic nitrogens is 1. The molecule has 1 saturated carbocycles. The van der Waals surface area contributed by atoms with Gasteiger partial charge in [-0.1, -0.05) is 12.5 Å². The fraction of sp³-hybridized carbons (Fsp3) is 0.438. The highest BCUT2D eigenvalue weighted by Crippen LogP contribution is 2.28. The van der Waals surface area contributed by atoms with Crippen LogP contribution in [-0.2, 0) is 0 Å². The van der Waals surface area contributed by atoms with Gasteiger partial charge in [-0.05, 0) is 43.9 Å². The molecule has 0 spiro atoms. The molecule has 0 bridgehead atoms. The third kappa shape index (κ3) is 2.25. The normalized spacial score (nSPS) is 15.4. The summed E-state index contributed by atoms with van der Waals surface area (Å²) >= 11 is 0. The van der Waals surface area contributed by atoms with Gasteiger partial charge in [-0.25, -0.2) is 0 Å². The van der Waals surface area contributed by atoms with Crippen molar-refractivity contribution >= 4 is 16.8 Å². The van der Waals surface area contributed by atoms with Crippen molar-refractivity contribution < 1.29 is 4.79 Å². The summed E-state index contributed by atoms with van der Waals surface area (Å²) < 4.78 is 0. The Labute approximate surface area is 113 Å². The third-order valence-corrected chi connectivity index (χ3v) is 4.20. The van der Waals surface area contributed by atoms with Crippen molar-refractivity contribution in [3.05, 3.63) is 36.0 Å². The SMILES string of the molecule is CCN(CC1CCC1)C(=O)c1cccc2[nH]ccc12. The number of hydrogen-bond donors (Lipinski definition) is 1. The van der Waals surface area contributed by atoms with Gasteiger partial charge >= 0.3 is 0 Å². The first-order valence-corrected chi connectivity index (χ1v) is 7.15. The third-order valence-electron chi connectivity index (χ3n) is 4.20. The molecule has 1 N–H and O–H groups in total. The van der Waals surface area contributed by atoms with Crippen molar-refractivity contribution in [2.45, 2.75) is 26.2 Å².